The highest BCUT2D eigenvalue weighted by molar-refractivity contribution is 6.04. The second kappa shape index (κ2) is 9.74. The number of benzene rings is 1. The third-order valence-corrected chi connectivity index (χ3v) is 5.27. The third-order valence-electron chi connectivity index (χ3n) is 5.27. The van der Waals surface area contributed by atoms with Crippen LogP contribution in [0, 0.1) is 5.92 Å². The van der Waals surface area contributed by atoms with Crippen LogP contribution in [0.3, 0.4) is 0 Å². The van der Waals surface area contributed by atoms with Gasteiger partial charge in [-0.2, -0.15) is 0 Å². The summed E-state index contributed by atoms with van der Waals surface area (Å²) in [5.74, 6) is -0.105. The van der Waals surface area contributed by atoms with E-state index in [4.69, 9.17) is 4.74 Å². The molecule has 6 heteroatoms. The van der Waals surface area contributed by atoms with Crippen LogP contribution in [0.4, 0.5) is 5.69 Å². The minimum Gasteiger partial charge on any atom is -0.427 e. The van der Waals surface area contributed by atoms with E-state index in [0.717, 1.165) is 36.9 Å². The molecule has 1 aromatic heterocycles. The monoisotopic (exact) mass is 410 g/mol. The van der Waals surface area contributed by atoms with E-state index in [-0.39, 0.29) is 11.1 Å². The van der Waals surface area contributed by atoms with Crippen LogP contribution in [-0.4, -0.2) is 16.4 Å². The lowest BCUT2D eigenvalue weighted by atomic mass is 9.95. The van der Waals surface area contributed by atoms with Gasteiger partial charge in [-0.1, -0.05) is 26.7 Å². The maximum absolute atomic E-state index is 13.2. The lowest BCUT2D eigenvalue weighted by Crippen LogP contribution is -2.34. The Hall–Kier alpha value is -2.89. The van der Waals surface area contributed by atoms with E-state index >= 15 is 0 Å². The minimum atomic E-state index is -0.414. The molecule has 0 saturated carbocycles. The summed E-state index contributed by atoms with van der Waals surface area (Å²) in [4.78, 5) is 37.2. The summed E-state index contributed by atoms with van der Waals surface area (Å²) in [6.45, 7) is 6.11. The molecule has 1 amide bonds. The fourth-order valence-electron chi connectivity index (χ4n) is 3.93. The number of amides is 1. The van der Waals surface area contributed by atoms with Gasteiger partial charge in [0.15, 0.2) is 0 Å². The lowest BCUT2D eigenvalue weighted by molar-refractivity contribution is -0.131. The van der Waals surface area contributed by atoms with Crippen molar-refractivity contribution in [1.29, 1.82) is 0 Å². The first kappa shape index (κ1) is 21.8. The number of esters is 1. The Morgan fingerprint density at radius 2 is 1.73 bits per heavy atom. The molecular formula is C24H30N2O4. The number of hydrogen-bond acceptors (Lipinski definition) is 4. The van der Waals surface area contributed by atoms with E-state index in [2.05, 4.69) is 19.2 Å². The fraction of sp³-hybridized carbons (Fsp3) is 0.458. The molecule has 0 unspecified atom stereocenters. The molecule has 0 fully saturated rings. The Morgan fingerprint density at radius 3 is 2.37 bits per heavy atom. The van der Waals surface area contributed by atoms with E-state index in [9.17, 15) is 14.4 Å². The van der Waals surface area contributed by atoms with Crippen LogP contribution in [0.15, 0.2) is 35.1 Å². The van der Waals surface area contributed by atoms with Crippen molar-refractivity contribution in [3.05, 3.63) is 57.5 Å². The van der Waals surface area contributed by atoms with Crippen molar-refractivity contribution in [2.24, 2.45) is 5.92 Å². The van der Waals surface area contributed by atoms with Gasteiger partial charge in [0.2, 0.25) is 0 Å². The summed E-state index contributed by atoms with van der Waals surface area (Å²) in [5.41, 5.74) is 2.70. The zero-order valence-electron chi connectivity index (χ0n) is 18.0. The summed E-state index contributed by atoms with van der Waals surface area (Å²) in [5, 5.41) is 2.80. The number of pyridine rings is 1. The molecule has 0 radical (unpaired) electrons. The fourth-order valence-corrected chi connectivity index (χ4v) is 3.93. The smallest absolute Gasteiger partial charge is 0.308 e. The number of nitrogens with zero attached hydrogens (tertiary/aromatic N) is 1. The predicted molar refractivity (Wildman–Crippen MR) is 117 cm³/mol. The Labute approximate surface area is 177 Å². The Kier molecular flexibility index (Phi) is 7.08. The molecule has 0 saturated heterocycles. The van der Waals surface area contributed by atoms with Crippen molar-refractivity contribution in [3.63, 3.8) is 0 Å². The molecule has 0 bridgehead atoms. The molecule has 30 heavy (non-hydrogen) atoms. The van der Waals surface area contributed by atoms with Crippen LogP contribution in [0.2, 0.25) is 0 Å². The number of fused-ring (bicyclic) bond motifs is 1. The largest absolute Gasteiger partial charge is 0.427 e. The van der Waals surface area contributed by atoms with Crippen molar-refractivity contribution >= 4 is 17.6 Å². The molecule has 1 aliphatic carbocycles. The molecule has 1 heterocycles. The van der Waals surface area contributed by atoms with E-state index in [1.807, 2.05) is 4.57 Å². The molecule has 2 aromatic rings. The number of rotatable bonds is 5. The summed E-state index contributed by atoms with van der Waals surface area (Å²) in [6.07, 6.45) is 6.29. The molecule has 1 aliphatic rings. The Bertz CT molecular complexity index is 974. The molecule has 0 atom stereocenters. The zero-order valence-corrected chi connectivity index (χ0v) is 18.0. The number of anilines is 1. The van der Waals surface area contributed by atoms with Crippen molar-refractivity contribution in [2.45, 2.75) is 65.8 Å². The van der Waals surface area contributed by atoms with E-state index in [0.29, 0.717) is 23.9 Å². The second-order valence-corrected chi connectivity index (χ2v) is 8.33. The summed E-state index contributed by atoms with van der Waals surface area (Å²) < 4.78 is 6.83. The molecule has 0 spiro atoms. The van der Waals surface area contributed by atoms with Crippen LogP contribution in [0.5, 0.6) is 5.75 Å². The summed E-state index contributed by atoms with van der Waals surface area (Å²) in [6, 6.07) is 8.30. The van der Waals surface area contributed by atoms with Crippen molar-refractivity contribution in [3.8, 4) is 5.75 Å². The van der Waals surface area contributed by atoms with Gasteiger partial charge in [-0.05, 0) is 67.5 Å². The van der Waals surface area contributed by atoms with Crippen LogP contribution in [-0.2, 0) is 24.2 Å². The molecule has 3 rings (SSSR count). The highest BCUT2D eigenvalue weighted by atomic mass is 16.5. The van der Waals surface area contributed by atoms with Gasteiger partial charge in [0.05, 0.1) is 0 Å². The maximum atomic E-state index is 13.2. The predicted octanol–water partition coefficient (Wildman–Crippen LogP) is 4.34. The number of nitrogens with one attached hydrogen (secondary N) is 1. The molecule has 6 nitrogen and oxygen atoms in total. The average molecular weight is 411 g/mol. The minimum absolute atomic E-state index is 0.180. The third kappa shape index (κ3) is 5.38. The SMILES string of the molecule is CC(=O)Oc1ccc(NC(=O)c2cc3c(n(CC(C)C)c2=O)CCCCCC3)cc1. The highest BCUT2D eigenvalue weighted by Gasteiger charge is 2.21. The first-order valence-electron chi connectivity index (χ1n) is 10.7. The quantitative estimate of drug-likeness (QED) is 0.587. The second-order valence-electron chi connectivity index (χ2n) is 8.33. The van der Waals surface area contributed by atoms with E-state index < -0.39 is 11.9 Å². The number of hydrogen-bond donors (Lipinski definition) is 1. The van der Waals surface area contributed by atoms with Gasteiger partial charge >= 0.3 is 5.97 Å². The number of aromatic nitrogens is 1. The van der Waals surface area contributed by atoms with Crippen molar-refractivity contribution in [2.75, 3.05) is 5.32 Å². The van der Waals surface area contributed by atoms with Crippen LogP contribution in [0.25, 0.3) is 0 Å². The topological polar surface area (TPSA) is 77.4 Å². The van der Waals surface area contributed by atoms with Gasteiger partial charge in [-0.25, -0.2) is 0 Å². The number of carbonyl (C=O) groups excluding carboxylic acids is 2. The maximum Gasteiger partial charge on any atom is 0.308 e. The van der Waals surface area contributed by atoms with E-state index in [1.165, 1.54) is 19.8 Å². The summed E-state index contributed by atoms with van der Waals surface area (Å²) in [7, 11) is 0. The average Bonchev–Trinajstić information content (AvgIpc) is 2.65. The highest BCUT2D eigenvalue weighted by Crippen LogP contribution is 2.22. The van der Waals surface area contributed by atoms with Crippen LogP contribution < -0.4 is 15.6 Å². The molecule has 1 N–H and O–H groups in total. The van der Waals surface area contributed by atoms with Crippen LogP contribution in [0.1, 0.15) is 68.1 Å². The van der Waals surface area contributed by atoms with Crippen molar-refractivity contribution < 1.29 is 14.3 Å². The Balaban J connectivity index is 1.92. The first-order chi connectivity index (χ1) is 14.3. The summed E-state index contributed by atoms with van der Waals surface area (Å²) >= 11 is 0. The van der Waals surface area contributed by atoms with Gasteiger partial charge in [0, 0.05) is 24.8 Å². The molecule has 1 aromatic carbocycles. The zero-order chi connectivity index (χ0) is 21.7. The molecule has 160 valence electrons. The normalized spacial score (nSPS) is 13.9. The molecular weight excluding hydrogens is 380 g/mol. The van der Waals surface area contributed by atoms with E-state index in [1.54, 1.807) is 30.3 Å². The van der Waals surface area contributed by atoms with Gasteiger partial charge in [-0.15, -0.1) is 0 Å². The van der Waals surface area contributed by atoms with Gasteiger partial charge in [-0.3, -0.25) is 14.4 Å². The number of aryl methyl sites for hydroxylation is 1. The Morgan fingerprint density at radius 1 is 1.07 bits per heavy atom. The number of ether oxygens (including phenoxy) is 1. The lowest BCUT2D eigenvalue weighted by Gasteiger charge is -2.22. The van der Waals surface area contributed by atoms with Gasteiger partial charge in [0.1, 0.15) is 11.3 Å². The standard InChI is InChI=1S/C24H30N2O4/c1-16(2)15-26-22-9-7-5-4-6-8-18(22)14-21(24(26)29)23(28)25-19-10-12-20(13-11-19)30-17(3)27/h10-14,16H,4-9,15H2,1-3H3,(H,25,28). The van der Waals surface area contributed by atoms with Gasteiger partial charge in [0.25, 0.3) is 11.5 Å². The first-order valence-corrected chi connectivity index (χ1v) is 10.7. The number of carbonyl (C=O) groups is 2. The molecule has 0 aliphatic heterocycles. The van der Waals surface area contributed by atoms with Crippen LogP contribution >= 0.6 is 0 Å². The van der Waals surface area contributed by atoms with Crippen molar-refractivity contribution in [1.82, 2.24) is 4.57 Å². The van der Waals surface area contributed by atoms with Gasteiger partial charge < -0.3 is 14.6 Å².